The maximum Gasteiger partial charge on any atom is 0.225 e. The largest absolute Gasteiger partial charge is 0.376 e. The van der Waals surface area contributed by atoms with Crippen LogP contribution >= 0.6 is 11.6 Å². The van der Waals surface area contributed by atoms with Crippen molar-refractivity contribution in [2.75, 3.05) is 6.61 Å². The summed E-state index contributed by atoms with van der Waals surface area (Å²) < 4.78 is 7.56. The van der Waals surface area contributed by atoms with Gasteiger partial charge in [-0.3, -0.25) is 4.57 Å². The van der Waals surface area contributed by atoms with Crippen LogP contribution in [0.1, 0.15) is 12.8 Å². The molecule has 1 aliphatic rings. The highest BCUT2D eigenvalue weighted by molar-refractivity contribution is 6.28. The predicted octanol–water partition coefficient (Wildman–Crippen LogP) is 2.78. The molecule has 2 heterocycles. The zero-order valence-corrected chi connectivity index (χ0v) is 10.7. The van der Waals surface area contributed by atoms with Gasteiger partial charge in [-0.05, 0) is 24.4 Å². The van der Waals surface area contributed by atoms with E-state index in [4.69, 9.17) is 16.3 Å². The minimum absolute atomic E-state index is 0.223. The number of aromatic nitrogens is 3. The third-order valence-corrected chi connectivity index (χ3v) is 3.43. The third kappa shape index (κ3) is 2.26. The lowest BCUT2D eigenvalue weighted by Crippen LogP contribution is -2.16. The van der Waals surface area contributed by atoms with E-state index >= 15 is 0 Å². The van der Waals surface area contributed by atoms with Gasteiger partial charge in [0, 0.05) is 12.2 Å². The Kier molecular flexibility index (Phi) is 3.30. The van der Waals surface area contributed by atoms with E-state index < -0.39 is 0 Å². The molecular weight excluding hydrogens is 250 g/mol. The van der Waals surface area contributed by atoms with Crippen molar-refractivity contribution in [3.05, 3.63) is 35.6 Å². The normalized spacial score (nSPS) is 19.3. The first-order valence-corrected chi connectivity index (χ1v) is 6.48. The van der Waals surface area contributed by atoms with Gasteiger partial charge in [-0.2, -0.15) is 0 Å². The van der Waals surface area contributed by atoms with Gasteiger partial charge >= 0.3 is 0 Å². The van der Waals surface area contributed by atoms with Gasteiger partial charge in [-0.15, -0.1) is 10.2 Å². The molecule has 1 atom stereocenters. The van der Waals surface area contributed by atoms with E-state index in [1.807, 2.05) is 34.9 Å². The van der Waals surface area contributed by atoms with Crippen molar-refractivity contribution in [1.82, 2.24) is 14.8 Å². The van der Waals surface area contributed by atoms with Gasteiger partial charge in [0.25, 0.3) is 0 Å². The van der Waals surface area contributed by atoms with Crippen LogP contribution in [0.2, 0.25) is 5.28 Å². The van der Waals surface area contributed by atoms with Gasteiger partial charge in [0.05, 0.1) is 12.6 Å². The van der Waals surface area contributed by atoms with Crippen molar-refractivity contribution < 1.29 is 4.74 Å². The monoisotopic (exact) mass is 263 g/mol. The minimum atomic E-state index is 0.223. The lowest BCUT2D eigenvalue weighted by atomic mass is 10.2. The zero-order valence-electron chi connectivity index (χ0n) is 9.92. The smallest absolute Gasteiger partial charge is 0.225 e. The van der Waals surface area contributed by atoms with E-state index in [1.165, 1.54) is 0 Å². The van der Waals surface area contributed by atoms with Gasteiger partial charge in [0.1, 0.15) is 0 Å². The van der Waals surface area contributed by atoms with Crippen LogP contribution in [0.5, 0.6) is 0 Å². The molecule has 1 aromatic heterocycles. The Morgan fingerprint density at radius 1 is 1.28 bits per heavy atom. The molecule has 4 nitrogen and oxygen atoms in total. The number of halogens is 1. The van der Waals surface area contributed by atoms with Crippen LogP contribution in [-0.2, 0) is 11.3 Å². The zero-order chi connectivity index (χ0) is 12.4. The molecule has 1 unspecified atom stereocenters. The summed E-state index contributed by atoms with van der Waals surface area (Å²) >= 11 is 6.11. The molecule has 94 valence electrons. The molecule has 1 aromatic carbocycles. The van der Waals surface area contributed by atoms with Crippen LogP contribution in [0.15, 0.2) is 30.3 Å². The molecule has 1 fully saturated rings. The van der Waals surface area contributed by atoms with E-state index in [9.17, 15) is 0 Å². The molecule has 0 N–H and O–H groups in total. The average molecular weight is 264 g/mol. The lowest BCUT2D eigenvalue weighted by molar-refractivity contribution is 0.0973. The second kappa shape index (κ2) is 5.08. The summed E-state index contributed by atoms with van der Waals surface area (Å²) in [6.07, 6.45) is 2.41. The summed E-state index contributed by atoms with van der Waals surface area (Å²) in [6.45, 7) is 1.56. The van der Waals surface area contributed by atoms with Crippen molar-refractivity contribution in [3.63, 3.8) is 0 Å². The third-order valence-electron chi connectivity index (χ3n) is 3.15. The Morgan fingerprint density at radius 3 is 2.83 bits per heavy atom. The number of hydrogen-bond donors (Lipinski definition) is 0. The van der Waals surface area contributed by atoms with Crippen molar-refractivity contribution in [1.29, 1.82) is 0 Å². The summed E-state index contributed by atoms with van der Waals surface area (Å²) in [7, 11) is 0. The second-order valence-electron chi connectivity index (χ2n) is 4.40. The Hall–Kier alpha value is -1.39. The standard InChI is InChI=1S/C13H14ClN3O/c14-13-16-15-12(10-5-2-1-3-6-10)17(13)9-11-7-4-8-18-11/h1-3,5-6,11H,4,7-9H2. The molecule has 0 radical (unpaired) electrons. The summed E-state index contributed by atoms with van der Waals surface area (Å²) in [6, 6.07) is 9.95. The molecule has 0 saturated carbocycles. The Morgan fingerprint density at radius 2 is 2.11 bits per heavy atom. The van der Waals surface area contributed by atoms with Crippen LogP contribution in [0.25, 0.3) is 11.4 Å². The van der Waals surface area contributed by atoms with Crippen molar-refractivity contribution in [3.8, 4) is 11.4 Å². The van der Waals surface area contributed by atoms with E-state index in [0.717, 1.165) is 37.4 Å². The predicted molar refractivity (Wildman–Crippen MR) is 69.4 cm³/mol. The molecule has 3 rings (SSSR count). The fourth-order valence-corrected chi connectivity index (χ4v) is 2.43. The van der Waals surface area contributed by atoms with Crippen LogP contribution in [0, 0.1) is 0 Å². The van der Waals surface area contributed by atoms with Crippen LogP contribution in [-0.4, -0.2) is 27.5 Å². The van der Waals surface area contributed by atoms with Gasteiger partial charge in [0.2, 0.25) is 5.28 Å². The number of rotatable bonds is 3. The molecule has 0 spiro atoms. The highest BCUT2D eigenvalue weighted by Gasteiger charge is 2.20. The first-order valence-electron chi connectivity index (χ1n) is 6.10. The van der Waals surface area contributed by atoms with Gasteiger partial charge in [0.15, 0.2) is 5.82 Å². The van der Waals surface area contributed by atoms with E-state index in [-0.39, 0.29) is 6.10 Å². The van der Waals surface area contributed by atoms with Gasteiger partial charge in [-0.25, -0.2) is 0 Å². The quantitative estimate of drug-likeness (QED) is 0.855. The highest BCUT2D eigenvalue weighted by atomic mass is 35.5. The summed E-state index contributed by atoms with van der Waals surface area (Å²) in [5.41, 5.74) is 1.02. The topological polar surface area (TPSA) is 39.9 Å². The highest BCUT2D eigenvalue weighted by Crippen LogP contribution is 2.23. The maximum atomic E-state index is 6.11. The first-order chi connectivity index (χ1) is 8.84. The molecular formula is C13H14ClN3O. The number of benzene rings is 1. The minimum Gasteiger partial charge on any atom is -0.376 e. The second-order valence-corrected chi connectivity index (χ2v) is 4.74. The van der Waals surface area contributed by atoms with Crippen molar-refractivity contribution in [2.45, 2.75) is 25.5 Å². The fraction of sp³-hybridized carbons (Fsp3) is 0.385. The summed E-state index contributed by atoms with van der Waals surface area (Å²) in [5.74, 6) is 0.802. The SMILES string of the molecule is Clc1nnc(-c2ccccc2)n1CC1CCCO1. The Balaban J connectivity index is 1.91. The molecule has 5 heteroatoms. The van der Waals surface area contributed by atoms with Gasteiger partial charge in [-0.1, -0.05) is 30.3 Å². The fourth-order valence-electron chi connectivity index (χ4n) is 2.24. The maximum absolute atomic E-state index is 6.11. The molecule has 0 bridgehead atoms. The summed E-state index contributed by atoms with van der Waals surface area (Å²) in [4.78, 5) is 0. The van der Waals surface area contributed by atoms with Gasteiger partial charge < -0.3 is 4.74 Å². The van der Waals surface area contributed by atoms with Crippen LogP contribution < -0.4 is 0 Å². The Bertz CT molecular complexity index is 520. The molecule has 0 amide bonds. The van der Waals surface area contributed by atoms with Crippen molar-refractivity contribution in [2.24, 2.45) is 0 Å². The molecule has 1 aliphatic heterocycles. The van der Waals surface area contributed by atoms with Crippen LogP contribution in [0.3, 0.4) is 0 Å². The number of hydrogen-bond acceptors (Lipinski definition) is 3. The average Bonchev–Trinajstić information content (AvgIpc) is 3.03. The summed E-state index contributed by atoms with van der Waals surface area (Å²) in [5, 5.41) is 8.53. The Labute approximate surface area is 111 Å². The first kappa shape index (κ1) is 11.7. The lowest BCUT2D eigenvalue weighted by Gasteiger charge is -2.12. The molecule has 0 aliphatic carbocycles. The van der Waals surface area contributed by atoms with E-state index in [2.05, 4.69) is 10.2 Å². The number of nitrogens with zero attached hydrogens (tertiary/aromatic N) is 3. The van der Waals surface area contributed by atoms with Crippen molar-refractivity contribution >= 4 is 11.6 Å². The number of ether oxygens (including phenoxy) is 1. The van der Waals surface area contributed by atoms with E-state index in [1.54, 1.807) is 0 Å². The molecule has 2 aromatic rings. The van der Waals surface area contributed by atoms with E-state index in [0.29, 0.717) is 5.28 Å². The van der Waals surface area contributed by atoms with Crippen LogP contribution in [0.4, 0.5) is 0 Å². The molecule has 1 saturated heterocycles. The molecule has 18 heavy (non-hydrogen) atoms.